The average Bonchev–Trinajstić information content (AvgIpc) is 2.68. The fourth-order valence-corrected chi connectivity index (χ4v) is 3.94. The standard InChI is InChI=1S/C28H53N3O8/c1-26(2,3)37-23(34)21-31(20-14-15-22(32)33,18-12-10-16-29-24(35)38-27(4,5)6)19-13-11-17-30-25(36)39-28(7,8)9/h10-21H2,1-9H3,(H2-,29,30,32,33,35,36)/p+1. The summed E-state index contributed by atoms with van der Waals surface area (Å²) < 4.78 is 16.5. The van der Waals surface area contributed by atoms with Crippen molar-refractivity contribution in [3.8, 4) is 0 Å². The molecule has 0 bridgehead atoms. The fraction of sp³-hybridized carbons (Fsp3) is 0.857. The molecule has 0 saturated heterocycles. The van der Waals surface area contributed by atoms with Crippen LogP contribution < -0.4 is 10.6 Å². The summed E-state index contributed by atoms with van der Waals surface area (Å²) in [6, 6.07) is 0. The van der Waals surface area contributed by atoms with Gasteiger partial charge in [-0.3, -0.25) is 4.79 Å². The summed E-state index contributed by atoms with van der Waals surface area (Å²) in [5.41, 5.74) is -1.79. The van der Waals surface area contributed by atoms with E-state index in [0.717, 1.165) is 0 Å². The second-order valence-corrected chi connectivity index (χ2v) is 13.0. The van der Waals surface area contributed by atoms with Crippen molar-refractivity contribution in [2.75, 3.05) is 39.3 Å². The van der Waals surface area contributed by atoms with Crippen LogP contribution in [0.1, 0.15) is 101 Å². The Balaban J connectivity index is 5.28. The number of alkyl carbamates (subject to hydrolysis) is 2. The largest absolute Gasteiger partial charge is 0.481 e. The van der Waals surface area contributed by atoms with Crippen molar-refractivity contribution in [3.63, 3.8) is 0 Å². The molecule has 0 aromatic heterocycles. The molecule has 228 valence electrons. The second kappa shape index (κ2) is 16.5. The highest BCUT2D eigenvalue weighted by atomic mass is 16.6. The van der Waals surface area contributed by atoms with Crippen molar-refractivity contribution in [2.45, 2.75) is 118 Å². The molecule has 11 nitrogen and oxygen atoms in total. The second-order valence-electron chi connectivity index (χ2n) is 13.0. The number of hydrogen-bond acceptors (Lipinski definition) is 7. The van der Waals surface area contributed by atoms with Crippen LogP contribution >= 0.6 is 0 Å². The number of carbonyl (C=O) groups excluding carboxylic acids is 3. The Hall–Kier alpha value is -2.56. The molecule has 0 heterocycles. The molecular weight excluding hydrogens is 506 g/mol. The Labute approximate surface area is 234 Å². The first-order valence-corrected chi connectivity index (χ1v) is 13.9. The van der Waals surface area contributed by atoms with E-state index in [1.807, 2.05) is 20.8 Å². The van der Waals surface area contributed by atoms with Gasteiger partial charge in [0.15, 0.2) is 6.54 Å². The molecule has 0 spiro atoms. The Morgan fingerprint density at radius 1 is 0.615 bits per heavy atom. The molecule has 0 aromatic carbocycles. The summed E-state index contributed by atoms with van der Waals surface area (Å²) in [7, 11) is 0. The molecule has 39 heavy (non-hydrogen) atoms. The van der Waals surface area contributed by atoms with Gasteiger partial charge >= 0.3 is 24.1 Å². The van der Waals surface area contributed by atoms with Crippen LogP contribution in [0, 0.1) is 0 Å². The predicted molar refractivity (Wildman–Crippen MR) is 149 cm³/mol. The van der Waals surface area contributed by atoms with Crippen LogP contribution in [0.4, 0.5) is 9.59 Å². The fourth-order valence-electron chi connectivity index (χ4n) is 3.94. The molecule has 0 atom stereocenters. The van der Waals surface area contributed by atoms with E-state index in [4.69, 9.17) is 14.2 Å². The van der Waals surface area contributed by atoms with E-state index < -0.39 is 35.0 Å². The average molecular weight is 561 g/mol. The summed E-state index contributed by atoms with van der Waals surface area (Å²) in [5.74, 6) is -1.22. The van der Waals surface area contributed by atoms with E-state index in [-0.39, 0.29) is 18.9 Å². The van der Waals surface area contributed by atoms with Gasteiger partial charge in [0.1, 0.15) is 16.8 Å². The van der Waals surface area contributed by atoms with Gasteiger partial charge in [0.2, 0.25) is 0 Å². The third-order valence-electron chi connectivity index (χ3n) is 5.36. The summed E-state index contributed by atoms with van der Waals surface area (Å²) in [5, 5.41) is 14.7. The molecule has 0 fully saturated rings. The number of unbranched alkanes of at least 4 members (excludes halogenated alkanes) is 2. The van der Waals surface area contributed by atoms with Crippen molar-refractivity contribution in [1.29, 1.82) is 0 Å². The third-order valence-corrected chi connectivity index (χ3v) is 5.36. The maximum atomic E-state index is 12.9. The molecule has 0 aliphatic heterocycles. The summed E-state index contributed by atoms with van der Waals surface area (Å²) >= 11 is 0. The van der Waals surface area contributed by atoms with Crippen molar-refractivity contribution in [3.05, 3.63) is 0 Å². The molecule has 0 saturated carbocycles. The van der Waals surface area contributed by atoms with E-state index >= 15 is 0 Å². The molecule has 0 rings (SSSR count). The van der Waals surface area contributed by atoms with Crippen LogP contribution in [-0.2, 0) is 23.8 Å². The normalized spacial score (nSPS) is 12.4. The number of ether oxygens (including phenoxy) is 3. The van der Waals surface area contributed by atoms with Gasteiger partial charge in [0, 0.05) is 19.5 Å². The zero-order chi connectivity index (χ0) is 30.3. The summed E-state index contributed by atoms with van der Waals surface area (Å²) in [6.45, 7) is 19.0. The van der Waals surface area contributed by atoms with E-state index in [1.165, 1.54) is 0 Å². The molecule has 2 amide bonds. The first-order chi connectivity index (χ1) is 17.7. The first-order valence-electron chi connectivity index (χ1n) is 13.9. The summed E-state index contributed by atoms with van der Waals surface area (Å²) in [4.78, 5) is 48.0. The van der Waals surface area contributed by atoms with E-state index in [0.29, 0.717) is 69.3 Å². The van der Waals surface area contributed by atoms with Crippen molar-refractivity contribution < 1.29 is 43.0 Å². The number of carbonyl (C=O) groups is 4. The van der Waals surface area contributed by atoms with Gasteiger partial charge in [-0.2, -0.15) is 0 Å². The predicted octanol–water partition coefficient (Wildman–Crippen LogP) is 4.62. The van der Waals surface area contributed by atoms with Crippen LogP contribution in [0.15, 0.2) is 0 Å². The minimum Gasteiger partial charge on any atom is -0.481 e. The lowest BCUT2D eigenvalue weighted by Gasteiger charge is -2.39. The van der Waals surface area contributed by atoms with E-state index in [9.17, 15) is 24.3 Å². The van der Waals surface area contributed by atoms with Crippen LogP contribution in [0.5, 0.6) is 0 Å². The number of amides is 2. The number of nitrogens with zero attached hydrogens (tertiary/aromatic N) is 1. The van der Waals surface area contributed by atoms with Gasteiger partial charge < -0.3 is 34.4 Å². The van der Waals surface area contributed by atoms with Gasteiger partial charge in [0.25, 0.3) is 0 Å². The van der Waals surface area contributed by atoms with E-state index in [1.54, 1.807) is 41.5 Å². The topological polar surface area (TPSA) is 140 Å². The van der Waals surface area contributed by atoms with Gasteiger partial charge in [-0.05, 0) is 88.0 Å². The molecule has 3 N–H and O–H groups in total. The van der Waals surface area contributed by atoms with Gasteiger partial charge in [-0.15, -0.1) is 0 Å². The highest BCUT2D eigenvalue weighted by Crippen LogP contribution is 2.18. The number of esters is 1. The van der Waals surface area contributed by atoms with Gasteiger partial charge in [0.05, 0.1) is 26.1 Å². The molecule has 11 heteroatoms. The van der Waals surface area contributed by atoms with Crippen LogP contribution in [0.2, 0.25) is 0 Å². The molecular formula is C28H54N3O8+. The maximum absolute atomic E-state index is 12.9. The monoisotopic (exact) mass is 560 g/mol. The lowest BCUT2D eigenvalue weighted by Crippen LogP contribution is -2.54. The highest BCUT2D eigenvalue weighted by molar-refractivity contribution is 5.71. The minimum absolute atomic E-state index is 0.00865. The van der Waals surface area contributed by atoms with Crippen LogP contribution in [-0.4, -0.2) is 89.8 Å². The Kier molecular flexibility index (Phi) is 15.4. The number of hydrogen-bond donors (Lipinski definition) is 3. The third kappa shape index (κ3) is 22.0. The van der Waals surface area contributed by atoms with E-state index in [2.05, 4.69) is 10.6 Å². The molecule has 0 radical (unpaired) electrons. The van der Waals surface area contributed by atoms with Gasteiger partial charge in [-0.25, -0.2) is 14.4 Å². The molecule has 0 aliphatic carbocycles. The summed E-state index contributed by atoms with van der Waals surface area (Å²) in [6.07, 6.45) is 2.24. The van der Waals surface area contributed by atoms with Crippen molar-refractivity contribution >= 4 is 24.1 Å². The van der Waals surface area contributed by atoms with Crippen molar-refractivity contribution in [1.82, 2.24) is 10.6 Å². The van der Waals surface area contributed by atoms with Crippen LogP contribution in [0.3, 0.4) is 0 Å². The Bertz CT molecular complexity index is 741. The maximum Gasteiger partial charge on any atom is 0.407 e. The number of aliphatic carboxylic acids is 1. The number of rotatable bonds is 16. The van der Waals surface area contributed by atoms with Gasteiger partial charge in [-0.1, -0.05) is 0 Å². The quantitative estimate of drug-likeness (QED) is 0.108. The molecule has 0 aliphatic rings. The Morgan fingerprint density at radius 2 is 1.00 bits per heavy atom. The zero-order valence-electron chi connectivity index (χ0n) is 25.7. The lowest BCUT2D eigenvalue weighted by atomic mass is 10.1. The molecule has 0 aromatic rings. The smallest absolute Gasteiger partial charge is 0.407 e. The minimum atomic E-state index is -0.881. The van der Waals surface area contributed by atoms with Crippen molar-refractivity contribution in [2.24, 2.45) is 0 Å². The zero-order valence-corrected chi connectivity index (χ0v) is 25.7. The molecule has 0 unspecified atom stereocenters. The Morgan fingerprint density at radius 3 is 1.36 bits per heavy atom. The highest BCUT2D eigenvalue weighted by Gasteiger charge is 2.32. The number of carboxylic acids is 1. The number of carboxylic acid groups (broad SMARTS) is 1. The SMILES string of the molecule is CC(C)(C)OC(=O)C[N+](CCCCNC(=O)OC(C)(C)C)(CCCCNC(=O)OC(C)(C)C)CCCC(=O)O. The number of quaternary nitrogens is 1. The first kappa shape index (κ1) is 36.4. The number of nitrogens with one attached hydrogen (secondary N) is 2. The lowest BCUT2D eigenvalue weighted by molar-refractivity contribution is -0.922. The van der Waals surface area contributed by atoms with Crippen LogP contribution in [0.25, 0.3) is 0 Å².